The molecule has 0 amide bonds. The predicted octanol–water partition coefficient (Wildman–Crippen LogP) is 3.97. The van der Waals surface area contributed by atoms with Gasteiger partial charge in [-0.25, -0.2) is 4.98 Å². The Hall–Kier alpha value is -2.14. The largest absolute Gasteiger partial charge is 0.494 e. The van der Waals surface area contributed by atoms with E-state index in [4.69, 9.17) is 14.9 Å². The average molecular weight is 300 g/mol. The number of nitrogens with zero attached hydrogens (tertiary/aromatic N) is 1. The molecular weight excluding hydrogens is 284 g/mol. The number of rotatable bonds is 6. The second-order valence-corrected chi connectivity index (χ2v) is 5.62. The minimum Gasteiger partial charge on any atom is -0.494 e. The Kier molecular flexibility index (Phi) is 4.31. The molecule has 0 aliphatic heterocycles. The first-order chi connectivity index (χ1) is 10.3. The average Bonchev–Trinajstić information content (AvgIpc) is 2.90. The van der Waals surface area contributed by atoms with Crippen molar-refractivity contribution in [1.82, 2.24) is 4.98 Å². The number of aromatic nitrogens is 1. The van der Waals surface area contributed by atoms with E-state index >= 15 is 0 Å². The number of thioether (sulfide) groups is 1. The quantitative estimate of drug-likeness (QED) is 0.424. The molecule has 1 aromatic heterocycles. The molecule has 0 saturated carbocycles. The zero-order valence-electron chi connectivity index (χ0n) is 11.5. The Morgan fingerprint density at radius 1 is 1.14 bits per heavy atom. The monoisotopic (exact) mass is 300 g/mol. The SMILES string of the molecule is Nc1ccc2oc(SCCCOc3ccccc3)nc2c1. The van der Waals surface area contributed by atoms with Crippen LogP contribution in [-0.2, 0) is 0 Å². The molecule has 0 radical (unpaired) electrons. The first-order valence-corrected chi connectivity index (χ1v) is 7.76. The summed E-state index contributed by atoms with van der Waals surface area (Å²) < 4.78 is 11.3. The predicted molar refractivity (Wildman–Crippen MR) is 85.7 cm³/mol. The molecule has 0 fully saturated rings. The van der Waals surface area contributed by atoms with E-state index in [0.717, 1.165) is 29.0 Å². The molecule has 0 saturated heterocycles. The maximum atomic E-state index is 5.72. The first-order valence-electron chi connectivity index (χ1n) is 6.78. The third kappa shape index (κ3) is 3.70. The fourth-order valence-corrected chi connectivity index (χ4v) is 2.66. The van der Waals surface area contributed by atoms with Crippen LogP contribution in [-0.4, -0.2) is 17.3 Å². The zero-order valence-corrected chi connectivity index (χ0v) is 12.3. The number of hydrogen-bond donors (Lipinski definition) is 1. The molecule has 0 unspecified atom stereocenters. The number of oxazole rings is 1. The van der Waals surface area contributed by atoms with Crippen LogP contribution in [0.2, 0.25) is 0 Å². The van der Waals surface area contributed by atoms with Crippen LogP contribution in [0.1, 0.15) is 6.42 Å². The van der Waals surface area contributed by atoms with Crippen LogP contribution in [0.4, 0.5) is 5.69 Å². The van der Waals surface area contributed by atoms with Crippen LogP contribution in [0.15, 0.2) is 58.2 Å². The van der Waals surface area contributed by atoms with Gasteiger partial charge in [0, 0.05) is 11.4 Å². The fourth-order valence-electron chi connectivity index (χ4n) is 1.91. The highest BCUT2D eigenvalue weighted by atomic mass is 32.2. The van der Waals surface area contributed by atoms with Crippen molar-refractivity contribution >= 4 is 28.5 Å². The maximum Gasteiger partial charge on any atom is 0.256 e. The Morgan fingerprint density at radius 3 is 2.86 bits per heavy atom. The maximum absolute atomic E-state index is 5.72. The van der Waals surface area contributed by atoms with Gasteiger partial charge in [-0.2, -0.15) is 0 Å². The number of hydrogen-bond acceptors (Lipinski definition) is 5. The van der Waals surface area contributed by atoms with E-state index in [1.165, 1.54) is 0 Å². The van der Waals surface area contributed by atoms with Gasteiger partial charge in [0.25, 0.3) is 5.22 Å². The van der Waals surface area contributed by atoms with Crippen LogP contribution in [0.5, 0.6) is 5.75 Å². The molecule has 4 nitrogen and oxygen atoms in total. The topological polar surface area (TPSA) is 61.3 Å². The highest BCUT2D eigenvalue weighted by Gasteiger charge is 2.06. The summed E-state index contributed by atoms with van der Waals surface area (Å²) in [5, 5.41) is 0.676. The zero-order chi connectivity index (χ0) is 14.5. The number of benzene rings is 2. The van der Waals surface area contributed by atoms with Crippen LogP contribution < -0.4 is 10.5 Å². The van der Waals surface area contributed by atoms with Crippen LogP contribution >= 0.6 is 11.8 Å². The van der Waals surface area contributed by atoms with Gasteiger partial charge < -0.3 is 14.9 Å². The lowest BCUT2D eigenvalue weighted by molar-refractivity contribution is 0.318. The van der Waals surface area contributed by atoms with E-state index in [0.29, 0.717) is 17.5 Å². The van der Waals surface area contributed by atoms with E-state index in [-0.39, 0.29) is 0 Å². The molecule has 1 heterocycles. The summed E-state index contributed by atoms with van der Waals surface area (Å²) in [7, 11) is 0. The van der Waals surface area contributed by atoms with Gasteiger partial charge in [0.15, 0.2) is 5.58 Å². The molecule has 0 atom stereocenters. The lowest BCUT2D eigenvalue weighted by Crippen LogP contribution is -1.98. The van der Waals surface area contributed by atoms with Gasteiger partial charge in [-0.15, -0.1) is 0 Å². The molecule has 108 valence electrons. The van der Waals surface area contributed by atoms with Crippen molar-refractivity contribution in [3.05, 3.63) is 48.5 Å². The Bertz CT molecular complexity index is 713. The van der Waals surface area contributed by atoms with Crippen molar-refractivity contribution in [3.8, 4) is 5.75 Å². The molecular formula is C16H16N2O2S. The Balaban J connectivity index is 1.46. The molecule has 2 N–H and O–H groups in total. The molecule has 0 spiro atoms. The van der Waals surface area contributed by atoms with Crippen LogP contribution in [0.3, 0.4) is 0 Å². The minimum absolute atomic E-state index is 0.676. The molecule has 3 aromatic rings. The van der Waals surface area contributed by atoms with Gasteiger partial charge in [-0.1, -0.05) is 30.0 Å². The number of nitrogens with two attached hydrogens (primary N) is 1. The standard InChI is InChI=1S/C16H16N2O2S/c17-12-7-8-15-14(11-12)18-16(20-15)21-10-4-9-19-13-5-2-1-3-6-13/h1-3,5-8,11H,4,9-10,17H2. The van der Waals surface area contributed by atoms with Crippen LogP contribution in [0.25, 0.3) is 11.1 Å². The summed E-state index contributed by atoms with van der Waals surface area (Å²) in [6.45, 7) is 0.685. The molecule has 3 rings (SSSR count). The van der Waals surface area contributed by atoms with Gasteiger partial charge in [0.2, 0.25) is 0 Å². The molecule has 5 heteroatoms. The summed E-state index contributed by atoms with van der Waals surface area (Å²) in [4.78, 5) is 4.40. The summed E-state index contributed by atoms with van der Waals surface area (Å²) in [5.41, 5.74) is 8.00. The number of ether oxygens (including phenoxy) is 1. The van der Waals surface area contributed by atoms with Crippen molar-refractivity contribution in [2.45, 2.75) is 11.6 Å². The van der Waals surface area contributed by atoms with Crippen molar-refractivity contribution < 1.29 is 9.15 Å². The highest BCUT2D eigenvalue weighted by molar-refractivity contribution is 7.99. The van der Waals surface area contributed by atoms with Crippen LogP contribution in [0, 0.1) is 0 Å². The Morgan fingerprint density at radius 2 is 2.00 bits per heavy atom. The van der Waals surface area contributed by atoms with Crippen molar-refractivity contribution in [3.63, 3.8) is 0 Å². The van der Waals surface area contributed by atoms with Crippen molar-refractivity contribution in [2.75, 3.05) is 18.1 Å². The summed E-state index contributed by atoms with van der Waals surface area (Å²) in [6.07, 6.45) is 0.931. The van der Waals surface area contributed by atoms with Crippen molar-refractivity contribution in [1.29, 1.82) is 0 Å². The second-order valence-electron chi connectivity index (χ2n) is 4.57. The number of fused-ring (bicyclic) bond motifs is 1. The third-order valence-electron chi connectivity index (χ3n) is 2.92. The van der Waals surface area contributed by atoms with E-state index in [9.17, 15) is 0 Å². The van der Waals surface area contributed by atoms with Gasteiger partial charge in [0.05, 0.1) is 6.61 Å². The number of nitrogen functional groups attached to an aromatic ring is 1. The van der Waals surface area contributed by atoms with Gasteiger partial charge in [0.1, 0.15) is 11.3 Å². The first kappa shape index (κ1) is 13.8. The van der Waals surface area contributed by atoms with E-state index in [2.05, 4.69) is 4.98 Å². The molecule has 0 aliphatic carbocycles. The normalized spacial score (nSPS) is 10.9. The van der Waals surface area contributed by atoms with E-state index in [1.807, 2.05) is 48.5 Å². The Labute approximate surface area is 127 Å². The van der Waals surface area contributed by atoms with Crippen molar-refractivity contribution in [2.24, 2.45) is 0 Å². The summed E-state index contributed by atoms with van der Waals surface area (Å²) >= 11 is 1.59. The molecule has 2 aromatic carbocycles. The van der Waals surface area contributed by atoms with Gasteiger partial charge in [-0.05, 0) is 36.8 Å². The fraction of sp³-hybridized carbons (Fsp3) is 0.188. The summed E-state index contributed by atoms with van der Waals surface area (Å²) in [5.74, 6) is 1.80. The van der Waals surface area contributed by atoms with Gasteiger partial charge >= 0.3 is 0 Å². The third-order valence-corrected chi connectivity index (χ3v) is 3.83. The highest BCUT2D eigenvalue weighted by Crippen LogP contribution is 2.25. The van der Waals surface area contributed by atoms with E-state index in [1.54, 1.807) is 11.8 Å². The summed E-state index contributed by atoms with van der Waals surface area (Å²) in [6, 6.07) is 15.3. The number of anilines is 1. The lowest BCUT2D eigenvalue weighted by atomic mass is 10.3. The minimum atomic E-state index is 0.676. The molecule has 0 aliphatic rings. The van der Waals surface area contributed by atoms with Gasteiger partial charge in [-0.3, -0.25) is 0 Å². The van der Waals surface area contributed by atoms with E-state index < -0.39 is 0 Å². The smallest absolute Gasteiger partial charge is 0.256 e. The lowest BCUT2D eigenvalue weighted by Gasteiger charge is -2.04. The molecule has 21 heavy (non-hydrogen) atoms. The molecule has 0 bridgehead atoms. The second kappa shape index (κ2) is 6.54. The number of para-hydroxylation sites is 1.